The number of ether oxygens (including phenoxy) is 1. The van der Waals surface area contributed by atoms with E-state index >= 15 is 0 Å². The summed E-state index contributed by atoms with van der Waals surface area (Å²) >= 11 is 7.58. The van der Waals surface area contributed by atoms with Gasteiger partial charge in [-0.05, 0) is 30.0 Å². The van der Waals surface area contributed by atoms with Crippen molar-refractivity contribution in [3.05, 3.63) is 51.2 Å². The zero-order chi connectivity index (χ0) is 13.2. The molecule has 2 atom stereocenters. The molecule has 1 aliphatic heterocycles. The Labute approximate surface area is 122 Å². The van der Waals surface area contributed by atoms with Gasteiger partial charge in [-0.3, -0.25) is 0 Å². The number of hydrogen-bond donors (Lipinski definition) is 1. The van der Waals surface area contributed by atoms with E-state index in [2.05, 4.69) is 29.8 Å². The van der Waals surface area contributed by atoms with Crippen LogP contribution in [0.1, 0.15) is 36.6 Å². The summed E-state index contributed by atoms with van der Waals surface area (Å²) in [6.07, 6.45) is 0.999. The van der Waals surface area contributed by atoms with E-state index < -0.39 is 0 Å². The Balaban J connectivity index is 1.77. The lowest BCUT2D eigenvalue weighted by atomic mass is 9.99. The molecule has 0 saturated carbocycles. The third-order valence-corrected chi connectivity index (χ3v) is 4.61. The molecular formula is C15H16ClNOS. The predicted octanol–water partition coefficient (Wildman–Crippen LogP) is 4.58. The molecular weight excluding hydrogens is 278 g/mol. The van der Waals surface area contributed by atoms with Crippen molar-refractivity contribution in [2.45, 2.75) is 25.4 Å². The van der Waals surface area contributed by atoms with Gasteiger partial charge in [0.15, 0.2) is 0 Å². The molecule has 2 aromatic rings. The van der Waals surface area contributed by atoms with Crippen molar-refractivity contribution < 1.29 is 4.74 Å². The van der Waals surface area contributed by atoms with Crippen LogP contribution in [0.5, 0.6) is 5.75 Å². The molecule has 0 bridgehead atoms. The van der Waals surface area contributed by atoms with E-state index in [-0.39, 0.29) is 0 Å². The number of fused-ring (bicyclic) bond motifs is 1. The third-order valence-electron chi connectivity index (χ3n) is 3.50. The normalized spacial score (nSPS) is 19.6. The molecule has 1 aromatic carbocycles. The molecule has 1 N–H and O–H groups in total. The van der Waals surface area contributed by atoms with Crippen LogP contribution in [0.25, 0.3) is 0 Å². The number of thiophene rings is 1. The van der Waals surface area contributed by atoms with Crippen molar-refractivity contribution in [3.8, 4) is 5.75 Å². The molecule has 1 aliphatic rings. The topological polar surface area (TPSA) is 21.3 Å². The number of rotatable bonds is 3. The van der Waals surface area contributed by atoms with Crippen LogP contribution in [0.4, 0.5) is 0 Å². The fourth-order valence-corrected chi connectivity index (χ4v) is 3.45. The maximum atomic E-state index is 6.00. The van der Waals surface area contributed by atoms with Crippen LogP contribution >= 0.6 is 22.9 Å². The summed E-state index contributed by atoms with van der Waals surface area (Å²) in [5, 5.41) is 5.79. The summed E-state index contributed by atoms with van der Waals surface area (Å²) in [6.45, 7) is 2.95. The van der Waals surface area contributed by atoms with Crippen LogP contribution in [0.15, 0.2) is 35.7 Å². The largest absolute Gasteiger partial charge is 0.493 e. The zero-order valence-corrected chi connectivity index (χ0v) is 12.3. The minimum Gasteiger partial charge on any atom is -0.493 e. The van der Waals surface area contributed by atoms with Gasteiger partial charge >= 0.3 is 0 Å². The SMILES string of the molecule is CC(NC1CCOc2ccccc21)c1csc(Cl)c1. The molecule has 0 amide bonds. The van der Waals surface area contributed by atoms with Crippen LogP contribution in [0.3, 0.4) is 0 Å². The Morgan fingerprint density at radius 1 is 1.42 bits per heavy atom. The molecule has 0 fully saturated rings. The van der Waals surface area contributed by atoms with E-state index in [4.69, 9.17) is 16.3 Å². The average Bonchev–Trinajstić information content (AvgIpc) is 2.86. The monoisotopic (exact) mass is 293 g/mol. The molecule has 0 saturated heterocycles. The van der Waals surface area contributed by atoms with Crippen LogP contribution in [0.2, 0.25) is 4.34 Å². The highest BCUT2D eigenvalue weighted by Gasteiger charge is 2.22. The van der Waals surface area contributed by atoms with E-state index in [1.807, 2.05) is 18.2 Å². The minimum atomic E-state index is 0.292. The van der Waals surface area contributed by atoms with Crippen molar-refractivity contribution in [1.82, 2.24) is 5.32 Å². The van der Waals surface area contributed by atoms with Gasteiger partial charge in [-0.1, -0.05) is 29.8 Å². The number of para-hydroxylation sites is 1. The van der Waals surface area contributed by atoms with E-state index in [0.29, 0.717) is 12.1 Å². The first-order valence-corrected chi connectivity index (χ1v) is 7.71. The van der Waals surface area contributed by atoms with Gasteiger partial charge < -0.3 is 10.1 Å². The Kier molecular flexibility index (Phi) is 3.78. The first-order valence-electron chi connectivity index (χ1n) is 6.46. The summed E-state index contributed by atoms with van der Waals surface area (Å²) < 4.78 is 6.53. The molecule has 100 valence electrons. The Hall–Kier alpha value is -1.03. The van der Waals surface area contributed by atoms with Gasteiger partial charge in [-0.2, -0.15) is 0 Å². The van der Waals surface area contributed by atoms with Crippen molar-refractivity contribution in [2.75, 3.05) is 6.61 Å². The van der Waals surface area contributed by atoms with Crippen LogP contribution in [-0.2, 0) is 0 Å². The van der Waals surface area contributed by atoms with Gasteiger partial charge in [0.05, 0.1) is 10.9 Å². The molecule has 2 nitrogen and oxygen atoms in total. The van der Waals surface area contributed by atoms with Gasteiger partial charge in [0.1, 0.15) is 5.75 Å². The van der Waals surface area contributed by atoms with Gasteiger partial charge in [0.25, 0.3) is 0 Å². The molecule has 0 radical (unpaired) electrons. The lowest BCUT2D eigenvalue weighted by molar-refractivity contribution is 0.246. The molecule has 0 spiro atoms. The second-order valence-corrected chi connectivity index (χ2v) is 6.34. The molecule has 3 rings (SSSR count). The van der Waals surface area contributed by atoms with Crippen LogP contribution < -0.4 is 10.1 Å². The highest BCUT2D eigenvalue weighted by Crippen LogP contribution is 2.34. The van der Waals surface area contributed by atoms with E-state index in [1.54, 1.807) is 11.3 Å². The molecule has 0 aliphatic carbocycles. The fraction of sp³-hybridized carbons (Fsp3) is 0.333. The summed E-state index contributed by atoms with van der Waals surface area (Å²) in [6, 6.07) is 10.9. The van der Waals surface area contributed by atoms with Crippen molar-refractivity contribution in [2.24, 2.45) is 0 Å². The minimum absolute atomic E-state index is 0.292. The molecule has 2 heterocycles. The molecule has 4 heteroatoms. The lowest BCUT2D eigenvalue weighted by Gasteiger charge is -2.29. The quantitative estimate of drug-likeness (QED) is 0.894. The Morgan fingerprint density at radius 2 is 2.26 bits per heavy atom. The summed E-state index contributed by atoms with van der Waals surface area (Å²) in [5.41, 5.74) is 2.50. The lowest BCUT2D eigenvalue weighted by Crippen LogP contribution is -2.29. The van der Waals surface area contributed by atoms with E-state index in [9.17, 15) is 0 Å². The van der Waals surface area contributed by atoms with Gasteiger partial charge in [-0.15, -0.1) is 11.3 Å². The summed E-state index contributed by atoms with van der Waals surface area (Å²) in [5.74, 6) is 1.00. The van der Waals surface area contributed by atoms with Crippen molar-refractivity contribution >= 4 is 22.9 Å². The first-order chi connectivity index (χ1) is 9.24. The molecule has 19 heavy (non-hydrogen) atoms. The van der Waals surface area contributed by atoms with Gasteiger partial charge in [0, 0.05) is 24.1 Å². The first kappa shape index (κ1) is 13.0. The Morgan fingerprint density at radius 3 is 3.05 bits per heavy atom. The predicted molar refractivity (Wildman–Crippen MR) is 80.2 cm³/mol. The van der Waals surface area contributed by atoms with Gasteiger partial charge in [-0.25, -0.2) is 0 Å². The Bertz CT molecular complexity index is 569. The number of hydrogen-bond acceptors (Lipinski definition) is 3. The molecule has 1 aromatic heterocycles. The highest BCUT2D eigenvalue weighted by atomic mass is 35.5. The van der Waals surface area contributed by atoms with Gasteiger partial charge in [0.2, 0.25) is 0 Å². The van der Waals surface area contributed by atoms with Crippen molar-refractivity contribution in [1.29, 1.82) is 0 Å². The second kappa shape index (κ2) is 5.53. The van der Waals surface area contributed by atoms with E-state index in [1.165, 1.54) is 11.1 Å². The van der Waals surface area contributed by atoms with Crippen molar-refractivity contribution in [3.63, 3.8) is 0 Å². The van der Waals surface area contributed by atoms with E-state index in [0.717, 1.165) is 23.1 Å². The number of halogens is 1. The highest BCUT2D eigenvalue weighted by molar-refractivity contribution is 7.14. The number of nitrogens with one attached hydrogen (secondary N) is 1. The standard InChI is InChI=1S/C15H16ClNOS/c1-10(11-8-15(16)19-9-11)17-13-6-7-18-14-5-3-2-4-12(13)14/h2-5,8-10,13,17H,6-7H2,1H3. The molecule has 2 unspecified atom stereocenters. The summed E-state index contributed by atoms with van der Waals surface area (Å²) in [7, 11) is 0. The third kappa shape index (κ3) is 2.78. The second-order valence-electron chi connectivity index (χ2n) is 4.80. The average molecular weight is 294 g/mol. The zero-order valence-electron chi connectivity index (χ0n) is 10.7. The number of benzene rings is 1. The summed E-state index contributed by atoms with van der Waals surface area (Å²) in [4.78, 5) is 0. The fourth-order valence-electron chi connectivity index (χ4n) is 2.46. The smallest absolute Gasteiger partial charge is 0.124 e. The van der Waals surface area contributed by atoms with Crippen LogP contribution in [-0.4, -0.2) is 6.61 Å². The van der Waals surface area contributed by atoms with Crippen LogP contribution in [0, 0.1) is 0 Å². The maximum absolute atomic E-state index is 6.00. The maximum Gasteiger partial charge on any atom is 0.124 e.